The zero-order valence-electron chi connectivity index (χ0n) is 17.5. The van der Waals surface area contributed by atoms with Gasteiger partial charge in [0.2, 0.25) is 5.91 Å². The summed E-state index contributed by atoms with van der Waals surface area (Å²) in [5.74, 6) is 1.32. The minimum absolute atomic E-state index is 0.0305. The highest BCUT2D eigenvalue weighted by Crippen LogP contribution is 2.34. The molecular formula is C23H25N3O4S. The minimum atomic E-state index is -0.176. The Morgan fingerprint density at radius 2 is 2.03 bits per heavy atom. The van der Waals surface area contributed by atoms with Gasteiger partial charge in [-0.1, -0.05) is 6.07 Å². The summed E-state index contributed by atoms with van der Waals surface area (Å²) in [5.41, 5.74) is 2.09. The fraction of sp³-hybridized carbons (Fsp3) is 0.435. The molecular weight excluding hydrogens is 414 g/mol. The molecule has 5 rings (SSSR count). The minimum Gasteiger partial charge on any atom is -0.486 e. The molecule has 1 N–H and O–H groups in total. The molecule has 1 atom stereocenters. The van der Waals surface area contributed by atoms with Gasteiger partial charge in [0, 0.05) is 17.8 Å². The zero-order valence-corrected chi connectivity index (χ0v) is 18.3. The van der Waals surface area contributed by atoms with Crippen molar-refractivity contribution >= 4 is 27.5 Å². The van der Waals surface area contributed by atoms with Gasteiger partial charge in [-0.3, -0.25) is 14.2 Å². The fourth-order valence-electron chi connectivity index (χ4n) is 4.29. The number of amides is 1. The van der Waals surface area contributed by atoms with Crippen LogP contribution < -0.4 is 20.3 Å². The van der Waals surface area contributed by atoms with Crippen molar-refractivity contribution in [2.45, 2.75) is 51.6 Å². The topological polar surface area (TPSA) is 82.5 Å². The lowest BCUT2D eigenvalue weighted by molar-refractivity contribution is -0.121. The highest BCUT2D eigenvalue weighted by molar-refractivity contribution is 7.18. The van der Waals surface area contributed by atoms with E-state index in [-0.39, 0.29) is 23.9 Å². The van der Waals surface area contributed by atoms with Crippen molar-refractivity contribution in [2.75, 3.05) is 13.2 Å². The number of hydrogen-bond acceptors (Lipinski definition) is 6. The predicted molar refractivity (Wildman–Crippen MR) is 119 cm³/mol. The third-order valence-electron chi connectivity index (χ3n) is 5.97. The fourth-order valence-corrected chi connectivity index (χ4v) is 5.51. The summed E-state index contributed by atoms with van der Waals surface area (Å²) in [5, 5.41) is 3.76. The molecule has 1 aliphatic carbocycles. The van der Waals surface area contributed by atoms with Crippen molar-refractivity contribution < 1.29 is 14.3 Å². The molecule has 1 amide bonds. The Kier molecular flexibility index (Phi) is 5.40. The van der Waals surface area contributed by atoms with Crippen LogP contribution in [0.25, 0.3) is 10.2 Å². The molecule has 3 aromatic rings. The molecule has 1 aliphatic heterocycles. The van der Waals surface area contributed by atoms with Gasteiger partial charge in [0.15, 0.2) is 11.5 Å². The normalized spacial score (nSPS) is 16.0. The molecule has 0 radical (unpaired) electrons. The smallest absolute Gasteiger partial charge is 0.262 e. The number of aryl methyl sites for hydroxylation is 3. The van der Waals surface area contributed by atoms with Gasteiger partial charge in [-0.15, -0.1) is 11.3 Å². The summed E-state index contributed by atoms with van der Waals surface area (Å²) in [6.45, 7) is 3.32. The number of rotatable bonds is 5. The first-order chi connectivity index (χ1) is 15.1. The molecule has 0 unspecified atom stereocenters. The number of nitrogens with zero attached hydrogens (tertiary/aromatic N) is 2. The number of ether oxygens (including phenoxy) is 2. The van der Waals surface area contributed by atoms with E-state index in [4.69, 9.17) is 9.47 Å². The molecule has 2 aliphatic rings. The Balaban J connectivity index is 1.26. The summed E-state index contributed by atoms with van der Waals surface area (Å²) in [4.78, 5) is 32.2. The molecule has 7 nitrogen and oxygen atoms in total. The molecule has 162 valence electrons. The number of aromatic nitrogens is 2. The van der Waals surface area contributed by atoms with Crippen LogP contribution in [0, 0.1) is 0 Å². The van der Waals surface area contributed by atoms with Gasteiger partial charge in [-0.25, -0.2) is 4.98 Å². The second kappa shape index (κ2) is 8.34. The molecule has 0 saturated carbocycles. The van der Waals surface area contributed by atoms with E-state index < -0.39 is 0 Å². The summed E-state index contributed by atoms with van der Waals surface area (Å²) >= 11 is 1.64. The Bertz CT molecular complexity index is 1200. The van der Waals surface area contributed by atoms with Gasteiger partial charge in [-0.2, -0.15) is 0 Å². The number of thiophene rings is 1. The standard InChI is InChI=1S/C23H25N3O4S/c1-14(15-6-7-17-18(12-15)30-11-10-29-17)25-20(27)8-9-26-13-24-22-21(23(26)28)16-4-2-3-5-19(16)31-22/h6-7,12-14H,2-5,8-11H2,1H3,(H,25,27)/t14-/m1/s1. The van der Waals surface area contributed by atoms with Crippen molar-refractivity contribution in [1.82, 2.24) is 14.9 Å². The molecule has 0 saturated heterocycles. The van der Waals surface area contributed by atoms with Crippen molar-refractivity contribution in [3.8, 4) is 11.5 Å². The second-order valence-electron chi connectivity index (χ2n) is 8.08. The molecule has 1 aromatic carbocycles. The van der Waals surface area contributed by atoms with Crippen LogP contribution in [0.5, 0.6) is 11.5 Å². The lowest BCUT2D eigenvalue weighted by atomic mass is 9.97. The van der Waals surface area contributed by atoms with E-state index >= 15 is 0 Å². The number of fused-ring (bicyclic) bond motifs is 4. The monoisotopic (exact) mass is 439 g/mol. The highest BCUT2D eigenvalue weighted by Gasteiger charge is 2.20. The first-order valence-electron chi connectivity index (χ1n) is 10.8. The van der Waals surface area contributed by atoms with E-state index in [1.807, 2.05) is 25.1 Å². The Morgan fingerprint density at radius 1 is 1.23 bits per heavy atom. The molecule has 8 heteroatoms. The maximum absolute atomic E-state index is 13.0. The van der Waals surface area contributed by atoms with E-state index in [0.29, 0.717) is 25.5 Å². The average Bonchev–Trinajstić information content (AvgIpc) is 3.17. The van der Waals surface area contributed by atoms with Gasteiger partial charge in [-0.05, 0) is 55.9 Å². The number of hydrogen-bond donors (Lipinski definition) is 1. The first-order valence-corrected chi connectivity index (χ1v) is 11.6. The van der Waals surface area contributed by atoms with Crippen LogP contribution in [0.15, 0.2) is 29.3 Å². The van der Waals surface area contributed by atoms with Crippen LogP contribution in [0.1, 0.15) is 48.2 Å². The SMILES string of the molecule is C[C@@H](NC(=O)CCn1cnc2sc3c(c2c1=O)CCCC3)c1ccc2c(c1)OCCO2. The average molecular weight is 440 g/mol. The Morgan fingerprint density at radius 3 is 2.90 bits per heavy atom. The van der Waals surface area contributed by atoms with Gasteiger partial charge in [0.25, 0.3) is 5.56 Å². The van der Waals surface area contributed by atoms with E-state index in [2.05, 4.69) is 10.3 Å². The molecule has 0 fully saturated rings. The molecule has 0 bridgehead atoms. The molecule has 3 heterocycles. The highest BCUT2D eigenvalue weighted by atomic mass is 32.1. The lowest BCUT2D eigenvalue weighted by Gasteiger charge is -2.21. The molecule has 2 aromatic heterocycles. The quantitative estimate of drug-likeness (QED) is 0.659. The maximum atomic E-state index is 13.0. The Labute approximate surface area is 184 Å². The summed E-state index contributed by atoms with van der Waals surface area (Å²) in [7, 11) is 0. The van der Waals surface area contributed by atoms with Gasteiger partial charge < -0.3 is 14.8 Å². The number of carbonyl (C=O) groups is 1. The first kappa shape index (κ1) is 20.1. The van der Waals surface area contributed by atoms with Crippen LogP contribution in [0.3, 0.4) is 0 Å². The van der Waals surface area contributed by atoms with Crippen LogP contribution >= 0.6 is 11.3 Å². The third-order valence-corrected chi connectivity index (χ3v) is 7.17. The van der Waals surface area contributed by atoms with Crippen LogP contribution in [-0.2, 0) is 24.2 Å². The van der Waals surface area contributed by atoms with E-state index in [1.54, 1.807) is 22.2 Å². The third kappa shape index (κ3) is 3.92. The van der Waals surface area contributed by atoms with Crippen molar-refractivity contribution in [2.24, 2.45) is 0 Å². The number of carbonyl (C=O) groups excluding carboxylic acids is 1. The van der Waals surface area contributed by atoms with E-state index in [1.165, 1.54) is 16.9 Å². The van der Waals surface area contributed by atoms with Crippen molar-refractivity contribution in [3.05, 3.63) is 50.9 Å². The molecule has 31 heavy (non-hydrogen) atoms. The summed E-state index contributed by atoms with van der Waals surface area (Å²) in [6, 6.07) is 5.53. The van der Waals surface area contributed by atoms with Crippen molar-refractivity contribution in [3.63, 3.8) is 0 Å². The summed E-state index contributed by atoms with van der Waals surface area (Å²) in [6.07, 6.45) is 6.07. The van der Waals surface area contributed by atoms with Crippen LogP contribution in [0.2, 0.25) is 0 Å². The largest absolute Gasteiger partial charge is 0.486 e. The van der Waals surface area contributed by atoms with Crippen LogP contribution in [-0.4, -0.2) is 28.7 Å². The van der Waals surface area contributed by atoms with Gasteiger partial charge >= 0.3 is 0 Å². The van der Waals surface area contributed by atoms with E-state index in [0.717, 1.165) is 40.8 Å². The predicted octanol–water partition coefficient (Wildman–Crippen LogP) is 3.38. The summed E-state index contributed by atoms with van der Waals surface area (Å²) < 4.78 is 12.7. The number of benzene rings is 1. The number of nitrogens with one attached hydrogen (secondary N) is 1. The maximum Gasteiger partial charge on any atom is 0.262 e. The molecule has 0 spiro atoms. The second-order valence-corrected chi connectivity index (χ2v) is 9.16. The lowest BCUT2D eigenvalue weighted by Crippen LogP contribution is -2.29. The zero-order chi connectivity index (χ0) is 21.4. The Hall–Kier alpha value is -2.87. The van der Waals surface area contributed by atoms with Crippen molar-refractivity contribution in [1.29, 1.82) is 0 Å². The van der Waals surface area contributed by atoms with Gasteiger partial charge in [0.1, 0.15) is 18.0 Å². The van der Waals surface area contributed by atoms with Crippen LogP contribution in [0.4, 0.5) is 0 Å². The van der Waals surface area contributed by atoms with E-state index in [9.17, 15) is 9.59 Å². The van der Waals surface area contributed by atoms with Gasteiger partial charge in [0.05, 0.1) is 17.8 Å².